The monoisotopic (exact) mass is 428 g/mol. The van der Waals surface area contributed by atoms with Crippen molar-refractivity contribution in [1.82, 2.24) is 4.98 Å². The number of aromatic nitrogens is 1. The molecular weight excluding hydrogens is 404 g/mol. The number of nitrogens with two attached hydrogens (primary N) is 1. The van der Waals surface area contributed by atoms with Gasteiger partial charge in [-0.1, -0.05) is 36.4 Å². The summed E-state index contributed by atoms with van der Waals surface area (Å²) in [5.41, 5.74) is 9.58. The van der Waals surface area contributed by atoms with Gasteiger partial charge in [-0.05, 0) is 42.0 Å². The maximum absolute atomic E-state index is 6.26. The molecule has 0 saturated heterocycles. The minimum absolute atomic E-state index is 0.393. The van der Waals surface area contributed by atoms with Crippen LogP contribution in [-0.2, 0) is 0 Å². The molecule has 4 aromatic rings. The Morgan fingerprint density at radius 3 is 1.97 bits per heavy atom. The highest BCUT2D eigenvalue weighted by atomic mass is 16.5. The molecule has 162 valence electrons. The number of para-hydroxylation sites is 2. The highest BCUT2D eigenvalue weighted by Gasteiger charge is 2.17. The molecule has 0 atom stereocenters. The third kappa shape index (κ3) is 4.16. The number of rotatable bonds is 7. The smallest absolute Gasteiger partial charge is 0.203 e. The minimum Gasteiger partial charge on any atom is -0.493 e. The molecule has 0 amide bonds. The Hall–Kier alpha value is -4.19. The van der Waals surface area contributed by atoms with E-state index in [2.05, 4.69) is 4.98 Å². The minimum atomic E-state index is 0.393. The van der Waals surface area contributed by atoms with Crippen molar-refractivity contribution in [3.8, 4) is 51.0 Å². The summed E-state index contributed by atoms with van der Waals surface area (Å²) < 4.78 is 22.5. The van der Waals surface area contributed by atoms with Gasteiger partial charge in [-0.25, -0.2) is 4.98 Å². The molecule has 1 heterocycles. The average molecular weight is 428 g/mol. The highest BCUT2D eigenvalue weighted by molar-refractivity contribution is 5.83. The van der Waals surface area contributed by atoms with Crippen LogP contribution in [0.25, 0.3) is 22.3 Å². The molecule has 0 radical (unpaired) electrons. The molecule has 0 saturated carbocycles. The number of benzene rings is 3. The van der Waals surface area contributed by atoms with Crippen molar-refractivity contribution in [2.75, 3.05) is 27.1 Å². The lowest BCUT2D eigenvalue weighted by molar-refractivity contribution is 0.324. The number of nitrogen functional groups attached to an aromatic ring is 1. The van der Waals surface area contributed by atoms with Gasteiger partial charge in [-0.2, -0.15) is 0 Å². The van der Waals surface area contributed by atoms with Crippen molar-refractivity contribution in [2.45, 2.75) is 0 Å². The van der Waals surface area contributed by atoms with Gasteiger partial charge in [0.15, 0.2) is 11.5 Å². The van der Waals surface area contributed by atoms with Crippen LogP contribution in [-0.4, -0.2) is 26.3 Å². The first-order valence-electron chi connectivity index (χ1n) is 10.0. The van der Waals surface area contributed by atoms with Gasteiger partial charge in [0.1, 0.15) is 17.3 Å². The zero-order chi connectivity index (χ0) is 22.5. The van der Waals surface area contributed by atoms with Crippen LogP contribution in [0.5, 0.6) is 28.7 Å². The summed E-state index contributed by atoms with van der Waals surface area (Å²) in [7, 11) is 4.73. The maximum atomic E-state index is 6.26. The van der Waals surface area contributed by atoms with Crippen molar-refractivity contribution in [3.05, 3.63) is 79.0 Å². The van der Waals surface area contributed by atoms with E-state index in [1.54, 1.807) is 27.5 Å². The molecule has 0 aliphatic carbocycles. The van der Waals surface area contributed by atoms with Gasteiger partial charge in [-0.3, -0.25) is 0 Å². The lowest BCUT2D eigenvalue weighted by Crippen LogP contribution is -1.99. The molecule has 3 aromatic carbocycles. The first-order chi connectivity index (χ1) is 15.6. The molecule has 0 aliphatic rings. The average Bonchev–Trinajstić information content (AvgIpc) is 2.84. The van der Waals surface area contributed by atoms with Crippen LogP contribution in [0.3, 0.4) is 0 Å². The number of methoxy groups -OCH3 is 3. The molecule has 0 fully saturated rings. The molecule has 4 rings (SSSR count). The number of hydrogen-bond donors (Lipinski definition) is 1. The molecule has 6 nitrogen and oxygen atoms in total. The van der Waals surface area contributed by atoms with Crippen LogP contribution >= 0.6 is 0 Å². The van der Waals surface area contributed by atoms with Crippen LogP contribution in [0.2, 0.25) is 0 Å². The summed E-state index contributed by atoms with van der Waals surface area (Å²) in [4.78, 5) is 4.44. The quantitative estimate of drug-likeness (QED) is 0.400. The zero-order valence-electron chi connectivity index (χ0n) is 18.2. The Labute approximate surface area is 187 Å². The van der Waals surface area contributed by atoms with E-state index in [1.165, 1.54) is 0 Å². The third-order valence-electron chi connectivity index (χ3n) is 5.06. The van der Waals surface area contributed by atoms with Gasteiger partial charge in [0.2, 0.25) is 5.75 Å². The Morgan fingerprint density at radius 1 is 0.656 bits per heavy atom. The van der Waals surface area contributed by atoms with E-state index in [1.807, 2.05) is 72.8 Å². The van der Waals surface area contributed by atoms with Gasteiger partial charge in [0, 0.05) is 22.9 Å². The van der Waals surface area contributed by atoms with E-state index in [9.17, 15) is 0 Å². The van der Waals surface area contributed by atoms with Gasteiger partial charge in [-0.15, -0.1) is 0 Å². The Bertz CT molecular complexity index is 1200. The summed E-state index contributed by atoms with van der Waals surface area (Å²) >= 11 is 0. The predicted molar refractivity (Wildman–Crippen MR) is 126 cm³/mol. The van der Waals surface area contributed by atoms with E-state index in [0.717, 1.165) is 33.8 Å². The largest absolute Gasteiger partial charge is 0.493 e. The summed E-state index contributed by atoms with van der Waals surface area (Å²) in [5, 5.41) is 0. The Morgan fingerprint density at radius 2 is 1.31 bits per heavy atom. The zero-order valence-corrected chi connectivity index (χ0v) is 18.2. The van der Waals surface area contributed by atoms with E-state index in [4.69, 9.17) is 24.7 Å². The summed E-state index contributed by atoms with van der Waals surface area (Å²) in [5.74, 6) is 3.47. The third-order valence-corrected chi connectivity index (χ3v) is 5.06. The van der Waals surface area contributed by atoms with Crippen LogP contribution in [0.4, 0.5) is 5.82 Å². The topological polar surface area (TPSA) is 75.8 Å². The second-order valence-electron chi connectivity index (χ2n) is 6.98. The second-order valence-corrected chi connectivity index (χ2v) is 6.98. The molecule has 6 heteroatoms. The first kappa shape index (κ1) is 21.1. The molecule has 1 aromatic heterocycles. The first-order valence-corrected chi connectivity index (χ1v) is 10.0. The predicted octanol–water partition coefficient (Wildman–Crippen LogP) is 5.82. The molecule has 0 bridgehead atoms. The van der Waals surface area contributed by atoms with Crippen molar-refractivity contribution >= 4 is 5.82 Å². The fraction of sp³-hybridized carbons (Fsp3) is 0.115. The van der Waals surface area contributed by atoms with Crippen molar-refractivity contribution in [1.29, 1.82) is 0 Å². The summed E-state index contributed by atoms with van der Waals surface area (Å²) in [6, 6.07) is 23.2. The second kappa shape index (κ2) is 9.31. The van der Waals surface area contributed by atoms with Crippen LogP contribution < -0.4 is 24.7 Å². The lowest BCUT2D eigenvalue weighted by atomic mass is 9.99. The molecule has 0 spiro atoms. The van der Waals surface area contributed by atoms with Crippen molar-refractivity contribution in [3.63, 3.8) is 0 Å². The maximum Gasteiger partial charge on any atom is 0.203 e. The van der Waals surface area contributed by atoms with Gasteiger partial charge >= 0.3 is 0 Å². The van der Waals surface area contributed by atoms with E-state index in [-0.39, 0.29) is 0 Å². The van der Waals surface area contributed by atoms with Crippen LogP contribution in [0, 0.1) is 0 Å². The highest BCUT2D eigenvalue weighted by Crippen LogP contribution is 2.43. The fourth-order valence-corrected chi connectivity index (χ4v) is 3.50. The summed E-state index contributed by atoms with van der Waals surface area (Å²) in [6.07, 6.45) is 1.74. The number of nitrogens with zero attached hydrogens (tertiary/aromatic N) is 1. The SMILES string of the molecule is COc1cc(-c2cc(-c3ccccc3Oc3ccccc3)cnc2N)cc(OC)c1OC. The van der Waals surface area contributed by atoms with Crippen LogP contribution in [0.15, 0.2) is 79.0 Å². The number of pyridine rings is 1. The normalized spacial score (nSPS) is 10.5. The summed E-state index contributed by atoms with van der Waals surface area (Å²) in [6.45, 7) is 0. The van der Waals surface area contributed by atoms with Crippen LogP contribution in [0.1, 0.15) is 0 Å². The molecule has 2 N–H and O–H groups in total. The van der Waals surface area contributed by atoms with E-state index >= 15 is 0 Å². The number of ether oxygens (including phenoxy) is 4. The molecule has 0 unspecified atom stereocenters. The molecule has 0 aliphatic heterocycles. The van der Waals surface area contributed by atoms with E-state index in [0.29, 0.717) is 23.1 Å². The van der Waals surface area contributed by atoms with Gasteiger partial charge < -0.3 is 24.7 Å². The lowest BCUT2D eigenvalue weighted by Gasteiger charge is -2.16. The standard InChI is InChI=1S/C26H24N2O4/c1-29-23-14-17(15-24(30-2)25(23)31-3)21-13-18(16-28-26(21)27)20-11-7-8-12-22(20)32-19-9-5-4-6-10-19/h4-16H,1-3H3,(H2,27,28). The Balaban J connectivity index is 1.80. The van der Waals surface area contributed by atoms with Crippen molar-refractivity contribution in [2.24, 2.45) is 0 Å². The number of anilines is 1. The van der Waals surface area contributed by atoms with Gasteiger partial charge in [0.25, 0.3) is 0 Å². The number of hydrogen-bond acceptors (Lipinski definition) is 6. The molecule has 32 heavy (non-hydrogen) atoms. The Kier molecular flexibility index (Phi) is 6.12. The van der Waals surface area contributed by atoms with Crippen molar-refractivity contribution < 1.29 is 18.9 Å². The molecular formula is C26H24N2O4. The fourth-order valence-electron chi connectivity index (χ4n) is 3.50. The van der Waals surface area contributed by atoms with E-state index < -0.39 is 0 Å². The van der Waals surface area contributed by atoms with Gasteiger partial charge in [0.05, 0.1) is 21.3 Å².